The second-order valence-corrected chi connectivity index (χ2v) is 7.55. The summed E-state index contributed by atoms with van der Waals surface area (Å²) in [5.41, 5.74) is 0.965. The summed E-state index contributed by atoms with van der Waals surface area (Å²) in [6, 6.07) is 7.43. The Labute approximate surface area is 159 Å². The molecule has 6 heteroatoms. The molecule has 2 atom stereocenters. The lowest BCUT2D eigenvalue weighted by molar-refractivity contribution is -0.141. The maximum Gasteiger partial charge on any atom is 0.233 e. The first-order valence-corrected chi connectivity index (χ1v) is 9.76. The Balaban J connectivity index is 1.58. The fraction of sp³-hybridized carbons (Fsp3) is 0.550. The average Bonchev–Trinajstić information content (AvgIpc) is 2.89. The van der Waals surface area contributed by atoms with E-state index in [0.717, 1.165) is 31.2 Å². The topological polar surface area (TPSA) is 57.7 Å². The molecule has 2 fully saturated rings. The number of fused-ring (bicyclic) bond motifs is 1. The fourth-order valence-corrected chi connectivity index (χ4v) is 4.26. The maximum absolute atomic E-state index is 12.6. The summed E-state index contributed by atoms with van der Waals surface area (Å²) in [5.74, 6) is -0.515. The van der Waals surface area contributed by atoms with Gasteiger partial charge in [0.15, 0.2) is 0 Å². The van der Waals surface area contributed by atoms with Crippen LogP contribution in [0, 0.1) is 11.8 Å². The number of hydrogen-bond donors (Lipinski definition) is 0. The maximum atomic E-state index is 12.6. The first-order chi connectivity index (χ1) is 12.5. The quantitative estimate of drug-likeness (QED) is 0.716. The highest BCUT2D eigenvalue weighted by Gasteiger charge is 2.47. The third-order valence-electron chi connectivity index (χ3n) is 5.48. The van der Waals surface area contributed by atoms with Gasteiger partial charge in [0.05, 0.1) is 11.8 Å². The third kappa shape index (κ3) is 3.93. The van der Waals surface area contributed by atoms with E-state index in [1.54, 1.807) is 11.0 Å². The number of carbonyl (C=O) groups excluding carboxylic acids is 3. The highest BCUT2D eigenvalue weighted by atomic mass is 35.5. The van der Waals surface area contributed by atoms with Gasteiger partial charge in [0.2, 0.25) is 17.7 Å². The molecule has 2 aliphatic rings. The molecule has 0 N–H and O–H groups in total. The molecule has 0 aromatic heterocycles. The summed E-state index contributed by atoms with van der Waals surface area (Å²) in [6.07, 6.45) is 3.79. The van der Waals surface area contributed by atoms with Crippen LogP contribution in [-0.4, -0.2) is 40.6 Å². The molecule has 5 nitrogen and oxygen atoms in total. The largest absolute Gasteiger partial charge is 0.339 e. The molecule has 3 amide bonds. The van der Waals surface area contributed by atoms with Gasteiger partial charge in [-0.25, -0.2) is 0 Å². The van der Waals surface area contributed by atoms with Gasteiger partial charge in [0, 0.05) is 31.1 Å². The molecule has 0 bridgehead atoms. The second-order valence-electron chi connectivity index (χ2n) is 7.11. The van der Waals surface area contributed by atoms with Crippen LogP contribution in [0.1, 0.15) is 44.6 Å². The number of imide groups is 1. The van der Waals surface area contributed by atoms with Crippen molar-refractivity contribution in [3.63, 3.8) is 0 Å². The van der Waals surface area contributed by atoms with E-state index in [4.69, 9.17) is 11.6 Å². The number of hydrogen-bond acceptors (Lipinski definition) is 3. The number of likely N-dealkylation sites (tertiary alicyclic amines) is 1. The minimum Gasteiger partial charge on any atom is -0.339 e. The minimum absolute atomic E-state index is 0.0528. The normalized spacial score (nSPS) is 22.5. The molecule has 1 aromatic carbocycles. The molecule has 0 spiro atoms. The van der Waals surface area contributed by atoms with E-state index in [2.05, 4.69) is 0 Å². The number of carbonyl (C=O) groups is 3. The molecule has 2 unspecified atom stereocenters. The molecule has 1 aliphatic heterocycles. The van der Waals surface area contributed by atoms with Crippen LogP contribution in [0.2, 0.25) is 5.02 Å². The third-order valence-corrected chi connectivity index (χ3v) is 5.71. The molecule has 26 heavy (non-hydrogen) atoms. The molecule has 1 heterocycles. The van der Waals surface area contributed by atoms with Crippen LogP contribution >= 0.6 is 11.6 Å². The lowest BCUT2D eigenvalue weighted by Crippen LogP contribution is -2.37. The van der Waals surface area contributed by atoms with Gasteiger partial charge in [0.1, 0.15) is 0 Å². The predicted molar refractivity (Wildman–Crippen MR) is 99.3 cm³/mol. The Morgan fingerprint density at radius 2 is 1.85 bits per heavy atom. The van der Waals surface area contributed by atoms with Crippen molar-refractivity contribution in [1.29, 1.82) is 0 Å². The van der Waals surface area contributed by atoms with Crippen LogP contribution in [0.4, 0.5) is 0 Å². The Morgan fingerprint density at radius 1 is 1.19 bits per heavy atom. The number of nitrogens with zero attached hydrogens (tertiary/aromatic N) is 2. The lowest BCUT2D eigenvalue weighted by Gasteiger charge is -2.22. The van der Waals surface area contributed by atoms with Gasteiger partial charge >= 0.3 is 0 Å². The Morgan fingerprint density at radius 3 is 2.42 bits per heavy atom. The molecule has 1 aromatic rings. The zero-order valence-electron chi connectivity index (χ0n) is 15.1. The van der Waals surface area contributed by atoms with Crippen LogP contribution in [0.15, 0.2) is 24.3 Å². The van der Waals surface area contributed by atoms with Crippen LogP contribution in [0.5, 0.6) is 0 Å². The average molecular weight is 377 g/mol. The van der Waals surface area contributed by atoms with Crippen molar-refractivity contribution in [2.45, 2.75) is 45.6 Å². The van der Waals surface area contributed by atoms with E-state index >= 15 is 0 Å². The molecular weight excluding hydrogens is 352 g/mol. The molecular formula is C20H25ClN2O3. The van der Waals surface area contributed by atoms with Crippen molar-refractivity contribution in [3.8, 4) is 0 Å². The molecule has 1 aliphatic carbocycles. The van der Waals surface area contributed by atoms with E-state index in [1.165, 1.54) is 4.90 Å². The number of rotatable bonds is 6. The van der Waals surface area contributed by atoms with Crippen molar-refractivity contribution in [2.24, 2.45) is 11.8 Å². The van der Waals surface area contributed by atoms with E-state index in [1.807, 2.05) is 25.1 Å². The second kappa shape index (κ2) is 8.21. The van der Waals surface area contributed by atoms with E-state index in [0.29, 0.717) is 18.1 Å². The summed E-state index contributed by atoms with van der Waals surface area (Å²) in [7, 11) is 0. The first kappa shape index (κ1) is 18.9. The Hall–Kier alpha value is -1.88. The summed E-state index contributed by atoms with van der Waals surface area (Å²) in [5, 5.41) is 0.641. The van der Waals surface area contributed by atoms with Gasteiger partial charge in [-0.3, -0.25) is 19.3 Å². The number of benzene rings is 1. The van der Waals surface area contributed by atoms with Gasteiger partial charge in [-0.05, 0) is 37.5 Å². The minimum atomic E-state index is -0.153. The van der Waals surface area contributed by atoms with E-state index < -0.39 is 0 Å². The SMILES string of the molecule is CCN(Cc1cccc(Cl)c1)C(=O)CCN1C(=O)C2CCCCC2C1=O. The fourth-order valence-electron chi connectivity index (χ4n) is 4.05. The summed E-state index contributed by atoms with van der Waals surface area (Å²) >= 11 is 6.01. The van der Waals surface area contributed by atoms with Crippen molar-refractivity contribution >= 4 is 29.3 Å². The lowest BCUT2D eigenvalue weighted by atomic mass is 9.81. The zero-order valence-corrected chi connectivity index (χ0v) is 15.9. The summed E-state index contributed by atoms with van der Waals surface area (Å²) < 4.78 is 0. The Bertz CT molecular complexity index is 682. The number of amides is 3. The zero-order chi connectivity index (χ0) is 18.7. The van der Waals surface area contributed by atoms with Gasteiger partial charge in [0.25, 0.3) is 0 Å². The van der Waals surface area contributed by atoms with Crippen molar-refractivity contribution in [1.82, 2.24) is 9.80 Å². The van der Waals surface area contributed by atoms with Crippen molar-refractivity contribution in [3.05, 3.63) is 34.9 Å². The molecule has 1 saturated carbocycles. The molecule has 140 valence electrons. The first-order valence-electron chi connectivity index (χ1n) is 9.38. The number of halogens is 1. The summed E-state index contributed by atoms with van der Waals surface area (Å²) in [4.78, 5) is 40.6. The standard InChI is InChI=1S/C20H25ClN2O3/c1-2-22(13-14-6-5-7-15(21)12-14)18(24)10-11-23-19(25)16-8-3-4-9-17(16)20(23)26/h5-7,12,16-17H,2-4,8-11,13H2,1H3. The van der Waals surface area contributed by atoms with Gasteiger partial charge < -0.3 is 4.90 Å². The Kier molecular flexibility index (Phi) is 5.97. The van der Waals surface area contributed by atoms with E-state index in [9.17, 15) is 14.4 Å². The summed E-state index contributed by atoms with van der Waals surface area (Å²) in [6.45, 7) is 3.15. The molecule has 0 radical (unpaired) electrons. The van der Waals surface area contributed by atoms with Gasteiger partial charge in [-0.1, -0.05) is 36.6 Å². The van der Waals surface area contributed by atoms with Crippen LogP contribution < -0.4 is 0 Å². The van der Waals surface area contributed by atoms with Crippen molar-refractivity contribution in [2.75, 3.05) is 13.1 Å². The van der Waals surface area contributed by atoms with Gasteiger partial charge in [-0.15, -0.1) is 0 Å². The predicted octanol–water partition coefficient (Wildman–Crippen LogP) is 3.25. The van der Waals surface area contributed by atoms with Crippen LogP contribution in [-0.2, 0) is 20.9 Å². The van der Waals surface area contributed by atoms with Crippen LogP contribution in [0.3, 0.4) is 0 Å². The highest BCUT2D eigenvalue weighted by Crippen LogP contribution is 2.38. The van der Waals surface area contributed by atoms with Crippen molar-refractivity contribution < 1.29 is 14.4 Å². The molecule has 1 saturated heterocycles. The van der Waals surface area contributed by atoms with E-state index in [-0.39, 0.29) is 42.5 Å². The molecule has 3 rings (SSSR count). The van der Waals surface area contributed by atoms with Crippen LogP contribution in [0.25, 0.3) is 0 Å². The monoisotopic (exact) mass is 376 g/mol. The highest BCUT2D eigenvalue weighted by molar-refractivity contribution is 6.30. The smallest absolute Gasteiger partial charge is 0.233 e. The van der Waals surface area contributed by atoms with Gasteiger partial charge in [-0.2, -0.15) is 0 Å².